The Bertz CT molecular complexity index is 776. The van der Waals surface area contributed by atoms with Crippen LogP contribution in [0.1, 0.15) is 0 Å². The third-order valence-corrected chi connectivity index (χ3v) is 4.06. The highest BCUT2D eigenvalue weighted by molar-refractivity contribution is 7.92. The third-order valence-electron chi connectivity index (χ3n) is 2.67. The molecule has 0 radical (unpaired) electrons. The van der Waals surface area contributed by atoms with Gasteiger partial charge in [0.2, 0.25) is 5.91 Å². The Morgan fingerprint density at radius 2 is 1.73 bits per heavy atom. The van der Waals surface area contributed by atoms with Gasteiger partial charge >= 0.3 is 0 Å². The summed E-state index contributed by atoms with van der Waals surface area (Å²) in [5.74, 6) is -1.15. The first-order chi connectivity index (χ1) is 10.4. The molecule has 3 N–H and O–H groups in total. The molecule has 116 valence electrons. The number of carbonyl (C=O) groups excluding carboxylic acids is 1. The Morgan fingerprint density at radius 1 is 1.09 bits per heavy atom. The van der Waals surface area contributed by atoms with Crippen LogP contribution in [0.25, 0.3) is 0 Å². The van der Waals surface area contributed by atoms with E-state index in [1.54, 1.807) is 6.07 Å². The molecule has 22 heavy (non-hydrogen) atoms. The van der Waals surface area contributed by atoms with Crippen LogP contribution in [-0.4, -0.2) is 26.0 Å². The molecule has 0 fully saturated rings. The number of anilines is 2. The van der Waals surface area contributed by atoms with Crippen molar-refractivity contribution in [2.24, 2.45) is 0 Å². The first-order valence-corrected chi connectivity index (χ1v) is 7.68. The number of hydrogen-bond donors (Lipinski definition) is 3. The van der Waals surface area contributed by atoms with Crippen molar-refractivity contribution in [2.75, 3.05) is 16.6 Å². The molecule has 8 heteroatoms. The average molecular weight is 324 g/mol. The zero-order valence-corrected chi connectivity index (χ0v) is 12.1. The second kappa shape index (κ2) is 6.54. The van der Waals surface area contributed by atoms with E-state index < -0.39 is 28.4 Å². The molecule has 0 aliphatic carbocycles. The summed E-state index contributed by atoms with van der Waals surface area (Å²) in [4.78, 5) is 11.0. The van der Waals surface area contributed by atoms with Gasteiger partial charge in [-0.05, 0) is 42.5 Å². The smallest absolute Gasteiger partial charge is 0.261 e. The van der Waals surface area contributed by atoms with Gasteiger partial charge < -0.3 is 10.4 Å². The van der Waals surface area contributed by atoms with Crippen LogP contribution in [0.3, 0.4) is 0 Å². The fourth-order valence-electron chi connectivity index (χ4n) is 1.69. The third kappa shape index (κ3) is 4.03. The van der Waals surface area contributed by atoms with Gasteiger partial charge in [-0.2, -0.15) is 0 Å². The molecule has 0 heterocycles. The van der Waals surface area contributed by atoms with E-state index in [4.69, 9.17) is 5.11 Å². The second-order valence-electron chi connectivity index (χ2n) is 4.35. The van der Waals surface area contributed by atoms with Crippen molar-refractivity contribution >= 4 is 27.3 Å². The second-order valence-corrected chi connectivity index (χ2v) is 6.03. The maximum absolute atomic E-state index is 12.8. The van der Waals surface area contributed by atoms with E-state index in [1.165, 1.54) is 18.2 Å². The summed E-state index contributed by atoms with van der Waals surface area (Å²) in [7, 11) is -3.86. The van der Waals surface area contributed by atoms with Gasteiger partial charge in [-0.1, -0.05) is 6.07 Å². The Kier molecular flexibility index (Phi) is 4.74. The minimum Gasteiger partial charge on any atom is -0.387 e. The van der Waals surface area contributed by atoms with E-state index in [2.05, 4.69) is 10.0 Å². The number of aliphatic hydroxyl groups is 1. The fraction of sp³-hybridized carbons (Fsp3) is 0.0714. The number of carbonyl (C=O) groups is 1. The number of rotatable bonds is 5. The number of sulfonamides is 1. The summed E-state index contributed by atoms with van der Waals surface area (Å²) < 4.78 is 39.4. The zero-order valence-electron chi connectivity index (χ0n) is 11.3. The van der Waals surface area contributed by atoms with Crippen molar-refractivity contribution in [3.05, 3.63) is 54.3 Å². The number of nitrogens with one attached hydrogen (secondary N) is 2. The van der Waals surface area contributed by atoms with E-state index in [0.29, 0.717) is 5.69 Å². The zero-order chi connectivity index (χ0) is 16.2. The molecule has 0 aromatic heterocycles. The molecule has 0 aliphatic rings. The van der Waals surface area contributed by atoms with Gasteiger partial charge in [-0.25, -0.2) is 12.8 Å². The lowest BCUT2D eigenvalue weighted by atomic mass is 10.3. The van der Waals surface area contributed by atoms with Gasteiger partial charge in [0.25, 0.3) is 10.0 Å². The topological polar surface area (TPSA) is 95.5 Å². The summed E-state index contributed by atoms with van der Waals surface area (Å²) in [5, 5.41) is 11.1. The van der Waals surface area contributed by atoms with Gasteiger partial charge in [-0.15, -0.1) is 0 Å². The van der Waals surface area contributed by atoms with Crippen LogP contribution in [0.5, 0.6) is 0 Å². The van der Waals surface area contributed by atoms with Crippen molar-refractivity contribution in [1.29, 1.82) is 0 Å². The van der Waals surface area contributed by atoms with Gasteiger partial charge in [0.1, 0.15) is 12.4 Å². The highest BCUT2D eigenvalue weighted by Gasteiger charge is 2.14. The quantitative estimate of drug-likeness (QED) is 0.778. The summed E-state index contributed by atoms with van der Waals surface area (Å²) in [5.41, 5.74) is 0.554. The number of aliphatic hydroxyl groups excluding tert-OH is 1. The van der Waals surface area contributed by atoms with Crippen molar-refractivity contribution in [1.82, 2.24) is 0 Å². The normalized spacial score (nSPS) is 11.0. The van der Waals surface area contributed by atoms with E-state index >= 15 is 0 Å². The van der Waals surface area contributed by atoms with Gasteiger partial charge in [-0.3, -0.25) is 9.52 Å². The Hall–Kier alpha value is -2.45. The molecule has 2 rings (SSSR count). The largest absolute Gasteiger partial charge is 0.387 e. The van der Waals surface area contributed by atoms with Crippen molar-refractivity contribution in [3.63, 3.8) is 0 Å². The standard InChI is InChI=1S/C14H13FN2O4S/c15-10-4-6-13(7-5-10)22(20,21)17-12-3-1-2-11(8-12)16-14(19)9-18/h1-8,17-18H,9H2,(H,16,19). The average Bonchev–Trinajstić information content (AvgIpc) is 2.47. The molecule has 6 nitrogen and oxygen atoms in total. The number of hydrogen-bond acceptors (Lipinski definition) is 4. The van der Waals surface area contributed by atoms with Crippen LogP contribution in [-0.2, 0) is 14.8 Å². The summed E-state index contributed by atoms with van der Waals surface area (Å²) in [6, 6.07) is 10.4. The minimum absolute atomic E-state index is 0.0845. The van der Waals surface area contributed by atoms with Crippen molar-refractivity contribution in [2.45, 2.75) is 4.90 Å². The molecule has 0 spiro atoms. The first-order valence-electron chi connectivity index (χ1n) is 6.20. The van der Waals surface area contributed by atoms with Crippen LogP contribution < -0.4 is 10.0 Å². The Balaban J connectivity index is 2.21. The molecule has 2 aromatic carbocycles. The van der Waals surface area contributed by atoms with Crippen LogP contribution >= 0.6 is 0 Å². The Morgan fingerprint density at radius 3 is 2.36 bits per heavy atom. The van der Waals surface area contributed by atoms with E-state index in [1.807, 2.05) is 0 Å². The van der Waals surface area contributed by atoms with Crippen LogP contribution in [0, 0.1) is 5.82 Å². The molecule has 0 atom stereocenters. The fourth-order valence-corrected chi connectivity index (χ4v) is 2.74. The predicted octanol–water partition coefficient (Wildman–Crippen LogP) is 1.56. The summed E-state index contributed by atoms with van der Waals surface area (Å²) in [6.07, 6.45) is 0. The first kappa shape index (κ1) is 15.9. The molecule has 0 unspecified atom stereocenters. The lowest BCUT2D eigenvalue weighted by molar-refractivity contribution is -0.118. The monoisotopic (exact) mass is 324 g/mol. The van der Waals surface area contributed by atoms with E-state index in [0.717, 1.165) is 24.3 Å². The molecule has 0 saturated heterocycles. The van der Waals surface area contributed by atoms with Gasteiger partial charge in [0.05, 0.1) is 10.6 Å². The highest BCUT2D eigenvalue weighted by atomic mass is 32.2. The molecule has 0 aliphatic heterocycles. The molecule has 0 saturated carbocycles. The number of halogens is 1. The van der Waals surface area contributed by atoms with E-state index in [9.17, 15) is 17.6 Å². The molecule has 1 amide bonds. The highest BCUT2D eigenvalue weighted by Crippen LogP contribution is 2.19. The minimum atomic E-state index is -3.86. The molecule has 0 bridgehead atoms. The van der Waals surface area contributed by atoms with Gasteiger partial charge in [0, 0.05) is 5.69 Å². The number of amides is 1. The van der Waals surface area contributed by atoms with Crippen LogP contribution in [0.4, 0.5) is 15.8 Å². The lowest BCUT2D eigenvalue weighted by Crippen LogP contribution is -2.16. The van der Waals surface area contributed by atoms with Crippen molar-refractivity contribution < 1.29 is 22.7 Å². The molecular weight excluding hydrogens is 311 g/mol. The van der Waals surface area contributed by atoms with Crippen LogP contribution in [0.2, 0.25) is 0 Å². The summed E-state index contributed by atoms with van der Waals surface area (Å²) in [6.45, 7) is -0.675. The molecular formula is C14H13FN2O4S. The predicted molar refractivity (Wildman–Crippen MR) is 79.4 cm³/mol. The SMILES string of the molecule is O=C(CO)Nc1cccc(NS(=O)(=O)c2ccc(F)cc2)c1. The van der Waals surface area contributed by atoms with Gasteiger partial charge in [0.15, 0.2) is 0 Å². The van der Waals surface area contributed by atoms with Crippen molar-refractivity contribution in [3.8, 4) is 0 Å². The number of benzene rings is 2. The Labute approximate surface area is 126 Å². The maximum Gasteiger partial charge on any atom is 0.261 e. The molecule has 2 aromatic rings. The summed E-state index contributed by atoms with van der Waals surface area (Å²) >= 11 is 0. The lowest BCUT2D eigenvalue weighted by Gasteiger charge is -2.10. The van der Waals surface area contributed by atoms with E-state index in [-0.39, 0.29) is 10.6 Å². The van der Waals surface area contributed by atoms with Crippen LogP contribution in [0.15, 0.2) is 53.4 Å². The maximum atomic E-state index is 12.8.